The van der Waals surface area contributed by atoms with Gasteiger partial charge in [0.05, 0.1) is 11.0 Å². The fourth-order valence-electron chi connectivity index (χ4n) is 4.37. The molecule has 0 saturated carbocycles. The molecule has 2 aromatic carbocycles. The van der Waals surface area contributed by atoms with Crippen molar-refractivity contribution in [3.8, 4) is 11.1 Å². The van der Waals surface area contributed by atoms with Crippen molar-refractivity contribution in [2.24, 2.45) is 0 Å². The summed E-state index contributed by atoms with van der Waals surface area (Å²) >= 11 is 9.81. The van der Waals surface area contributed by atoms with Crippen molar-refractivity contribution < 1.29 is 8.42 Å². The molecule has 4 aromatic rings. The number of rotatable bonds is 5. The predicted molar refractivity (Wildman–Crippen MR) is 147 cm³/mol. The Balaban J connectivity index is 1.47. The molecular formula is C25H23BrClN5O3S. The van der Waals surface area contributed by atoms with Crippen LogP contribution < -0.4 is 16.2 Å². The van der Waals surface area contributed by atoms with Crippen LogP contribution in [-0.2, 0) is 16.4 Å². The Hall–Kier alpha value is -2.79. The molecule has 1 aliphatic rings. The number of pyridine rings is 1. The molecule has 11 heteroatoms. The van der Waals surface area contributed by atoms with Gasteiger partial charge in [-0.3, -0.25) is 9.36 Å². The molecule has 36 heavy (non-hydrogen) atoms. The highest BCUT2D eigenvalue weighted by Gasteiger charge is 2.29. The summed E-state index contributed by atoms with van der Waals surface area (Å²) in [5.74, 6) is 0.468. The third-order valence-electron chi connectivity index (χ3n) is 6.23. The van der Waals surface area contributed by atoms with Crippen molar-refractivity contribution in [3.05, 3.63) is 80.1 Å². The highest BCUT2D eigenvalue weighted by molar-refractivity contribution is 9.10. The van der Waals surface area contributed by atoms with Crippen LogP contribution in [0.5, 0.6) is 0 Å². The topological polar surface area (TPSA) is 106 Å². The van der Waals surface area contributed by atoms with E-state index < -0.39 is 15.1 Å². The van der Waals surface area contributed by atoms with Crippen molar-refractivity contribution in [1.29, 1.82) is 0 Å². The summed E-state index contributed by atoms with van der Waals surface area (Å²) in [5, 5.41) is 6.93. The molecule has 1 aliphatic heterocycles. The molecule has 0 amide bonds. The summed E-state index contributed by atoms with van der Waals surface area (Å²) in [6.07, 6.45) is 1.67. The molecule has 1 saturated heterocycles. The molecule has 1 atom stereocenters. The second-order valence-corrected chi connectivity index (χ2v) is 12.1. The predicted octanol–water partition coefficient (Wildman–Crippen LogP) is 4.70. The molecule has 186 valence electrons. The van der Waals surface area contributed by atoms with E-state index in [1.807, 2.05) is 19.1 Å². The van der Waals surface area contributed by atoms with E-state index in [0.29, 0.717) is 58.5 Å². The Morgan fingerprint density at radius 3 is 2.64 bits per heavy atom. The number of nitrogens with zero attached hydrogens (tertiary/aromatic N) is 3. The number of benzene rings is 2. The number of aryl methyl sites for hydroxylation is 1. The molecule has 0 aliphatic carbocycles. The van der Waals surface area contributed by atoms with Gasteiger partial charge in [-0.25, -0.2) is 13.4 Å². The summed E-state index contributed by atoms with van der Waals surface area (Å²) in [5.41, 5.74) is 2.90. The third-order valence-corrected chi connectivity index (χ3v) is 9.11. The zero-order valence-corrected chi connectivity index (χ0v) is 22.5. The average molecular weight is 589 g/mol. The summed E-state index contributed by atoms with van der Waals surface area (Å²) in [7, 11) is -3.16. The number of fused-ring (bicyclic) bond motifs is 1. The van der Waals surface area contributed by atoms with E-state index in [0.717, 1.165) is 10.0 Å². The highest BCUT2D eigenvalue weighted by Crippen LogP contribution is 2.30. The molecule has 5 rings (SSSR count). The number of nitrogens with one attached hydrogen (secondary N) is 2. The lowest BCUT2D eigenvalue weighted by Crippen LogP contribution is -2.38. The maximum Gasteiger partial charge on any atom is 0.260 e. The minimum absolute atomic E-state index is 0.136. The molecule has 3 heterocycles. The summed E-state index contributed by atoms with van der Waals surface area (Å²) in [6.45, 7) is 3.20. The number of hydrogen-bond donors (Lipinski definition) is 2. The lowest BCUT2D eigenvalue weighted by Gasteiger charge is -2.23. The van der Waals surface area contributed by atoms with E-state index in [2.05, 4.69) is 36.5 Å². The number of anilines is 2. The van der Waals surface area contributed by atoms with Crippen LogP contribution in [0.15, 0.2) is 64.0 Å². The monoisotopic (exact) mass is 587 g/mol. The Kier molecular flexibility index (Phi) is 6.86. The van der Waals surface area contributed by atoms with Crippen LogP contribution in [0.25, 0.3) is 22.2 Å². The first-order valence-electron chi connectivity index (χ1n) is 11.4. The van der Waals surface area contributed by atoms with Gasteiger partial charge in [0.15, 0.2) is 9.84 Å². The third kappa shape index (κ3) is 4.78. The van der Waals surface area contributed by atoms with Gasteiger partial charge >= 0.3 is 0 Å². The number of hydrogen-bond acceptors (Lipinski definition) is 7. The van der Waals surface area contributed by atoms with Crippen LogP contribution in [0.3, 0.4) is 0 Å². The van der Waals surface area contributed by atoms with Crippen LogP contribution in [-0.4, -0.2) is 41.8 Å². The molecule has 0 radical (unpaired) electrons. The van der Waals surface area contributed by atoms with E-state index in [-0.39, 0.29) is 11.3 Å². The number of halogens is 2. The first-order chi connectivity index (χ1) is 17.3. The second-order valence-electron chi connectivity index (χ2n) is 8.51. The van der Waals surface area contributed by atoms with Crippen molar-refractivity contribution in [3.63, 3.8) is 0 Å². The molecule has 1 unspecified atom stereocenters. The van der Waals surface area contributed by atoms with Gasteiger partial charge in [-0.15, -0.1) is 0 Å². The lowest BCUT2D eigenvalue weighted by molar-refractivity contribution is 0.551. The minimum atomic E-state index is -3.16. The Bertz CT molecular complexity index is 1620. The smallest absolute Gasteiger partial charge is 0.260 e. The summed E-state index contributed by atoms with van der Waals surface area (Å²) in [4.78, 5) is 22.4. The fraction of sp³-hybridized carbons (Fsp3) is 0.240. The van der Waals surface area contributed by atoms with E-state index in [1.165, 1.54) is 0 Å². The average Bonchev–Trinajstić information content (AvgIpc) is 2.85. The van der Waals surface area contributed by atoms with Gasteiger partial charge < -0.3 is 10.6 Å². The lowest BCUT2D eigenvalue weighted by atomic mass is 10.1. The largest absolute Gasteiger partial charge is 0.324 e. The quantitative estimate of drug-likeness (QED) is 0.348. The van der Waals surface area contributed by atoms with Crippen molar-refractivity contribution >= 4 is 60.0 Å². The fourth-order valence-corrected chi connectivity index (χ4v) is 6.80. The van der Waals surface area contributed by atoms with Crippen molar-refractivity contribution in [2.45, 2.75) is 18.7 Å². The normalized spacial score (nSPS) is 17.2. The molecule has 2 N–H and O–H groups in total. The molecule has 1 fully saturated rings. The Morgan fingerprint density at radius 1 is 1.17 bits per heavy atom. The maximum atomic E-state index is 13.3. The minimum Gasteiger partial charge on any atom is -0.324 e. The molecule has 8 nitrogen and oxygen atoms in total. The summed E-state index contributed by atoms with van der Waals surface area (Å²) in [6, 6.07) is 14.4. The van der Waals surface area contributed by atoms with Gasteiger partial charge in [0.1, 0.15) is 5.65 Å². The van der Waals surface area contributed by atoms with Gasteiger partial charge in [-0.2, -0.15) is 4.98 Å². The zero-order chi connectivity index (χ0) is 25.4. The van der Waals surface area contributed by atoms with Gasteiger partial charge in [0.2, 0.25) is 5.95 Å². The van der Waals surface area contributed by atoms with E-state index in [1.54, 1.807) is 47.2 Å². The standard InChI is InChI=1S/C25H23BrClN5O3S/c1-2-32-23-16(11-20(24(32)33)19-8-5-17(26)12-21(19)27)13-29-25(31-23)30-18-6-3-15(4-7-18)22-14-28-9-10-36(22,34)35/h3-8,11-13,22,28H,2,9-10,14H2,1H3,(H,29,30,31). The highest BCUT2D eigenvalue weighted by atomic mass is 79.9. The van der Waals surface area contributed by atoms with E-state index >= 15 is 0 Å². The van der Waals surface area contributed by atoms with E-state index in [9.17, 15) is 13.2 Å². The molecule has 0 spiro atoms. The SMILES string of the molecule is CCn1c(=O)c(-c2ccc(Br)cc2Cl)cc2cnc(Nc3ccc(C4CNCCS4(=O)=O)cc3)nc21. The van der Waals surface area contributed by atoms with E-state index in [4.69, 9.17) is 11.6 Å². The van der Waals surface area contributed by atoms with Crippen LogP contribution in [0.4, 0.5) is 11.6 Å². The molecule has 0 bridgehead atoms. The second kappa shape index (κ2) is 9.93. The first kappa shape index (κ1) is 24.9. The van der Waals surface area contributed by atoms with Crippen LogP contribution in [0.2, 0.25) is 5.02 Å². The van der Waals surface area contributed by atoms with Crippen LogP contribution in [0.1, 0.15) is 17.7 Å². The number of aromatic nitrogens is 3. The zero-order valence-electron chi connectivity index (χ0n) is 19.3. The van der Waals surface area contributed by atoms with Crippen molar-refractivity contribution in [1.82, 2.24) is 19.9 Å². The molecule has 2 aromatic heterocycles. The maximum absolute atomic E-state index is 13.3. The summed E-state index contributed by atoms with van der Waals surface area (Å²) < 4.78 is 27.2. The van der Waals surface area contributed by atoms with Gasteiger partial charge in [0, 0.05) is 57.5 Å². The van der Waals surface area contributed by atoms with Crippen LogP contribution in [0, 0.1) is 0 Å². The first-order valence-corrected chi connectivity index (χ1v) is 14.3. The Morgan fingerprint density at radius 2 is 1.94 bits per heavy atom. The van der Waals surface area contributed by atoms with Gasteiger partial charge in [0.25, 0.3) is 5.56 Å². The van der Waals surface area contributed by atoms with Gasteiger partial charge in [-0.05, 0) is 42.8 Å². The van der Waals surface area contributed by atoms with Crippen molar-refractivity contribution in [2.75, 3.05) is 24.2 Å². The Labute approximate surface area is 221 Å². The van der Waals surface area contributed by atoms with Crippen LogP contribution >= 0.6 is 27.5 Å². The number of sulfone groups is 1. The molecular weight excluding hydrogens is 566 g/mol. The van der Waals surface area contributed by atoms with Gasteiger partial charge in [-0.1, -0.05) is 45.7 Å².